The number of carbonyl (C=O) groups excluding carboxylic acids is 2. The molecule has 8 heteroatoms. The van der Waals surface area contributed by atoms with E-state index in [0.29, 0.717) is 44.4 Å². The number of piperidine rings is 1. The average molecular weight is 448 g/mol. The van der Waals surface area contributed by atoms with Crippen LogP contribution in [0.1, 0.15) is 54.6 Å². The maximum absolute atomic E-state index is 13.5. The number of rotatable bonds is 2. The van der Waals surface area contributed by atoms with Crippen molar-refractivity contribution >= 4 is 17.6 Å². The lowest BCUT2D eigenvalue weighted by Gasteiger charge is -2.43. The van der Waals surface area contributed by atoms with E-state index in [0.717, 1.165) is 17.7 Å². The molecule has 3 heterocycles. The molecule has 1 unspecified atom stereocenters. The molecular formula is C25H29N5O3. The molecule has 33 heavy (non-hydrogen) atoms. The first-order valence-electron chi connectivity index (χ1n) is 11.9. The van der Waals surface area contributed by atoms with Crippen molar-refractivity contribution in [3.63, 3.8) is 0 Å². The van der Waals surface area contributed by atoms with Crippen LogP contribution in [0.3, 0.4) is 0 Å². The van der Waals surface area contributed by atoms with Gasteiger partial charge in [0.15, 0.2) is 0 Å². The van der Waals surface area contributed by atoms with E-state index in [-0.39, 0.29) is 29.2 Å². The summed E-state index contributed by atoms with van der Waals surface area (Å²) >= 11 is 0. The van der Waals surface area contributed by atoms with Gasteiger partial charge >= 0.3 is 0 Å². The summed E-state index contributed by atoms with van der Waals surface area (Å²) in [4.78, 5) is 38.4. The van der Waals surface area contributed by atoms with Crippen molar-refractivity contribution in [2.45, 2.75) is 50.7 Å². The zero-order valence-corrected chi connectivity index (χ0v) is 18.7. The van der Waals surface area contributed by atoms with Gasteiger partial charge in [0.1, 0.15) is 22.9 Å². The van der Waals surface area contributed by atoms with Gasteiger partial charge in [-0.15, -0.1) is 0 Å². The predicted octanol–water partition coefficient (Wildman–Crippen LogP) is 2.65. The van der Waals surface area contributed by atoms with Crippen molar-refractivity contribution in [2.24, 2.45) is 11.3 Å². The molecule has 0 radical (unpaired) electrons. The second-order valence-corrected chi connectivity index (χ2v) is 10.2. The lowest BCUT2D eigenvalue weighted by atomic mass is 9.79. The van der Waals surface area contributed by atoms with E-state index in [1.54, 1.807) is 4.90 Å². The number of hydrogen-bond acceptors (Lipinski definition) is 6. The second kappa shape index (κ2) is 7.43. The lowest BCUT2D eigenvalue weighted by molar-refractivity contribution is -0.138. The Bertz CT molecular complexity index is 1110. The molecule has 2 N–H and O–H groups in total. The molecule has 8 nitrogen and oxygen atoms in total. The van der Waals surface area contributed by atoms with Crippen LogP contribution in [0.15, 0.2) is 36.7 Å². The van der Waals surface area contributed by atoms with Crippen LogP contribution in [0, 0.1) is 11.3 Å². The van der Waals surface area contributed by atoms with Crippen molar-refractivity contribution in [3.05, 3.63) is 47.9 Å². The molecule has 2 aliphatic carbocycles. The number of likely N-dealkylation sites (tertiary alicyclic amines) is 1. The second-order valence-electron chi connectivity index (χ2n) is 10.2. The molecule has 2 aliphatic heterocycles. The third-order valence-electron chi connectivity index (χ3n) is 8.12. The summed E-state index contributed by atoms with van der Waals surface area (Å²) in [6, 6.07) is 8.03. The molecule has 0 bridgehead atoms. The smallest absolute Gasteiger partial charge is 0.274 e. The number of ether oxygens (including phenoxy) is 1. The van der Waals surface area contributed by atoms with Crippen LogP contribution in [-0.2, 0) is 11.3 Å². The summed E-state index contributed by atoms with van der Waals surface area (Å²) in [5.41, 5.74) is 6.82. The summed E-state index contributed by atoms with van der Waals surface area (Å²) in [5, 5.41) is 0. The molecule has 2 saturated carbocycles. The monoisotopic (exact) mass is 447 g/mol. The minimum absolute atomic E-state index is 0.170. The summed E-state index contributed by atoms with van der Waals surface area (Å²) in [5.74, 6) is 1.37. The minimum Gasteiger partial charge on any atom is -0.485 e. The molecule has 1 saturated heterocycles. The maximum atomic E-state index is 13.5. The van der Waals surface area contributed by atoms with Gasteiger partial charge in [0, 0.05) is 44.0 Å². The molecule has 1 aromatic carbocycles. The molecule has 172 valence electrons. The number of nitrogens with zero attached hydrogens (tertiary/aromatic N) is 4. The SMILES string of the molecule is Nc1cncc(C(=O)N2CCC3(CC2)CN(C(=O)C2CC24CCC4)Cc2ccccc2O3)n1. The number of hydrogen-bond donors (Lipinski definition) is 1. The first-order chi connectivity index (χ1) is 16.0. The summed E-state index contributed by atoms with van der Waals surface area (Å²) in [6.45, 7) is 2.22. The van der Waals surface area contributed by atoms with Crippen LogP contribution in [0.25, 0.3) is 0 Å². The highest BCUT2D eigenvalue weighted by Crippen LogP contribution is 2.66. The van der Waals surface area contributed by atoms with Crippen LogP contribution >= 0.6 is 0 Å². The van der Waals surface area contributed by atoms with Gasteiger partial charge in [0.25, 0.3) is 5.91 Å². The van der Waals surface area contributed by atoms with Crippen LogP contribution < -0.4 is 10.5 Å². The largest absolute Gasteiger partial charge is 0.485 e. The number of benzene rings is 1. The molecule has 1 atom stereocenters. The van der Waals surface area contributed by atoms with Crippen molar-refractivity contribution < 1.29 is 14.3 Å². The molecule has 2 aromatic rings. The summed E-state index contributed by atoms with van der Waals surface area (Å²) < 4.78 is 6.63. The molecule has 3 fully saturated rings. The van der Waals surface area contributed by atoms with E-state index in [1.807, 2.05) is 23.1 Å². The van der Waals surface area contributed by atoms with Gasteiger partial charge < -0.3 is 20.3 Å². The Morgan fingerprint density at radius 1 is 1.06 bits per heavy atom. The number of anilines is 1. The van der Waals surface area contributed by atoms with Crippen molar-refractivity contribution in [1.82, 2.24) is 19.8 Å². The van der Waals surface area contributed by atoms with Crippen LogP contribution in [0.4, 0.5) is 5.82 Å². The van der Waals surface area contributed by atoms with E-state index in [1.165, 1.54) is 31.7 Å². The Morgan fingerprint density at radius 3 is 2.55 bits per heavy atom. The summed E-state index contributed by atoms with van der Waals surface area (Å²) in [7, 11) is 0. The molecule has 1 aromatic heterocycles. The van der Waals surface area contributed by atoms with Gasteiger partial charge in [-0.25, -0.2) is 4.98 Å². The first-order valence-corrected chi connectivity index (χ1v) is 11.9. The van der Waals surface area contributed by atoms with Crippen LogP contribution in [0.5, 0.6) is 5.75 Å². The number of amides is 2. The molecule has 2 spiro atoms. The lowest BCUT2D eigenvalue weighted by Crippen LogP contribution is -2.55. The minimum atomic E-state index is -0.498. The van der Waals surface area contributed by atoms with E-state index in [4.69, 9.17) is 10.5 Å². The Morgan fingerprint density at radius 2 is 1.85 bits per heavy atom. The Kier molecular flexibility index (Phi) is 4.61. The molecule has 6 rings (SSSR count). The van der Waals surface area contributed by atoms with Gasteiger partial charge in [-0.05, 0) is 30.7 Å². The highest BCUT2D eigenvalue weighted by atomic mass is 16.5. The Balaban J connectivity index is 1.22. The quantitative estimate of drug-likeness (QED) is 0.759. The van der Waals surface area contributed by atoms with E-state index in [2.05, 4.69) is 16.0 Å². The van der Waals surface area contributed by atoms with Crippen molar-refractivity contribution in [3.8, 4) is 5.75 Å². The third kappa shape index (κ3) is 3.52. The van der Waals surface area contributed by atoms with E-state index >= 15 is 0 Å². The fourth-order valence-corrected chi connectivity index (χ4v) is 5.89. The van der Waals surface area contributed by atoms with Gasteiger partial charge in [-0.3, -0.25) is 14.6 Å². The average Bonchev–Trinajstić information content (AvgIpc) is 3.58. The Hall–Kier alpha value is -3.16. The topological polar surface area (TPSA) is 102 Å². The van der Waals surface area contributed by atoms with Gasteiger partial charge in [-0.2, -0.15) is 0 Å². The number of aromatic nitrogens is 2. The third-order valence-corrected chi connectivity index (χ3v) is 8.12. The predicted molar refractivity (Wildman–Crippen MR) is 121 cm³/mol. The number of carbonyl (C=O) groups is 2. The molecule has 4 aliphatic rings. The van der Waals surface area contributed by atoms with Gasteiger partial charge in [0.2, 0.25) is 5.91 Å². The summed E-state index contributed by atoms with van der Waals surface area (Å²) in [6.07, 6.45) is 8.87. The van der Waals surface area contributed by atoms with Crippen LogP contribution in [-0.4, -0.2) is 56.8 Å². The zero-order valence-electron chi connectivity index (χ0n) is 18.7. The van der Waals surface area contributed by atoms with E-state index in [9.17, 15) is 9.59 Å². The standard InChI is InChI=1S/C25H29N5O3/c26-21-14-27-13-19(28-21)23(32)29-10-8-25(9-11-29)16-30(15-17-4-1-2-5-20(17)33-25)22(31)18-12-24(18)6-3-7-24/h1-2,4-5,13-14,18H,3,6-12,15-16H2,(H2,26,28). The molecule has 2 amide bonds. The number of nitrogens with two attached hydrogens (primary N) is 1. The highest BCUT2D eigenvalue weighted by molar-refractivity contribution is 5.92. The normalized spacial score (nSPS) is 24.4. The fourth-order valence-electron chi connectivity index (χ4n) is 5.89. The van der Waals surface area contributed by atoms with Crippen molar-refractivity contribution in [1.29, 1.82) is 0 Å². The van der Waals surface area contributed by atoms with Crippen LogP contribution in [0.2, 0.25) is 0 Å². The Labute approximate surface area is 193 Å². The van der Waals surface area contributed by atoms with Gasteiger partial charge in [0.05, 0.1) is 18.9 Å². The number of fused-ring (bicyclic) bond motifs is 1. The van der Waals surface area contributed by atoms with Crippen molar-refractivity contribution in [2.75, 3.05) is 25.4 Å². The van der Waals surface area contributed by atoms with Gasteiger partial charge in [-0.1, -0.05) is 24.6 Å². The number of para-hydroxylation sites is 1. The highest BCUT2D eigenvalue weighted by Gasteiger charge is 2.62. The maximum Gasteiger partial charge on any atom is 0.274 e. The van der Waals surface area contributed by atoms with E-state index < -0.39 is 5.60 Å². The molecular weight excluding hydrogens is 418 g/mol. The zero-order chi connectivity index (χ0) is 22.6. The number of nitrogen functional groups attached to an aromatic ring is 1. The first kappa shape index (κ1) is 20.4. The fraction of sp³-hybridized carbons (Fsp3) is 0.520.